The zero-order valence-corrected chi connectivity index (χ0v) is 16.5. The highest BCUT2D eigenvalue weighted by atomic mass is 79.9. The summed E-state index contributed by atoms with van der Waals surface area (Å²) in [5.74, 6) is 0.798. The molecule has 1 atom stereocenters. The van der Waals surface area contributed by atoms with E-state index in [1.807, 2.05) is 38.1 Å². The maximum absolute atomic E-state index is 6.74. The van der Waals surface area contributed by atoms with Gasteiger partial charge in [0.2, 0.25) is 0 Å². The van der Waals surface area contributed by atoms with Gasteiger partial charge in [-0.15, -0.1) is 11.6 Å². The Kier molecular flexibility index (Phi) is 5.64. The first-order chi connectivity index (χ1) is 9.86. The molecule has 21 heavy (non-hydrogen) atoms. The molecule has 0 aliphatic rings. The molecule has 2 aromatic carbocycles. The minimum Gasteiger partial charge on any atom is -0.496 e. The Bertz CT molecular complexity index is 686. The number of alkyl halides is 1. The van der Waals surface area contributed by atoms with Crippen LogP contribution in [0.15, 0.2) is 33.2 Å². The van der Waals surface area contributed by atoms with Crippen molar-refractivity contribution in [2.45, 2.75) is 19.2 Å². The van der Waals surface area contributed by atoms with Crippen LogP contribution in [0.2, 0.25) is 5.02 Å². The van der Waals surface area contributed by atoms with E-state index in [4.69, 9.17) is 27.9 Å². The Labute approximate surface area is 151 Å². The molecule has 1 nitrogen and oxygen atoms in total. The SMILES string of the molecule is COc1c(C)cc(Br)c(C)c1C(Cl)c1cc(Br)ccc1Cl. The van der Waals surface area contributed by atoms with Crippen LogP contribution in [0, 0.1) is 13.8 Å². The second-order valence-electron chi connectivity index (χ2n) is 4.78. The van der Waals surface area contributed by atoms with E-state index >= 15 is 0 Å². The van der Waals surface area contributed by atoms with E-state index in [1.165, 1.54) is 0 Å². The molecular formula is C16H14Br2Cl2O. The minimum atomic E-state index is -0.388. The number of hydrogen-bond donors (Lipinski definition) is 0. The molecule has 1 unspecified atom stereocenters. The third-order valence-corrected chi connectivity index (χ3v) is 5.51. The standard InChI is InChI=1S/C16H14Br2Cl2O/c1-8-6-12(18)9(2)14(16(8)21-3)15(20)11-7-10(17)4-5-13(11)19/h4-7,15H,1-3H3. The van der Waals surface area contributed by atoms with Crippen LogP contribution in [-0.2, 0) is 0 Å². The molecule has 0 aliphatic carbocycles. The van der Waals surface area contributed by atoms with Gasteiger partial charge in [0.05, 0.1) is 12.5 Å². The van der Waals surface area contributed by atoms with Crippen LogP contribution in [0.25, 0.3) is 0 Å². The lowest BCUT2D eigenvalue weighted by Gasteiger charge is -2.21. The van der Waals surface area contributed by atoms with Gasteiger partial charge < -0.3 is 4.74 Å². The summed E-state index contributed by atoms with van der Waals surface area (Å²) in [6, 6.07) is 7.70. The fraction of sp³-hybridized carbons (Fsp3) is 0.250. The predicted molar refractivity (Wildman–Crippen MR) is 97.0 cm³/mol. The normalized spacial score (nSPS) is 12.3. The second kappa shape index (κ2) is 6.91. The van der Waals surface area contributed by atoms with E-state index in [-0.39, 0.29) is 5.38 Å². The van der Waals surface area contributed by atoms with Gasteiger partial charge >= 0.3 is 0 Å². The fourth-order valence-corrected chi connectivity index (χ4v) is 3.98. The molecular weight excluding hydrogens is 439 g/mol. The lowest BCUT2D eigenvalue weighted by atomic mass is 9.96. The van der Waals surface area contributed by atoms with Crippen molar-refractivity contribution in [1.29, 1.82) is 0 Å². The summed E-state index contributed by atoms with van der Waals surface area (Å²) in [6.45, 7) is 4.02. The van der Waals surface area contributed by atoms with Crippen molar-refractivity contribution in [2.24, 2.45) is 0 Å². The molecule has 2 rings (SSSR count). The van der Waals surface area contributed by atoms with Crippen LogP contribution in [0.3, 0.4) is 0 Å². The van der Waals surface area contributed by atoms with Crippen molar-refractivity contribution in [3.8, 4) is 5.75 Å². The summed E-state index contributed by atoms with van der Waals surface area (Å²) in [6.07, 6.45) is 0. The zero-order valence-electron chi connectivity index (χ0n) is 11.8. The number of aryl methyl sites for hydroxylation is 1. The molecule has 5 heteroatoms. The van der Waals surface area contributed by atoms with Crippen molar-refractivity contribution in [3.05, 3.63) is 60.5 Å². The van der Waals surface area contributed by atoms with Gasteiger partial charge in [-0.25, -0.2) is 0 Å². The predicted octanol–water partition coefficient (Wildman–Crippen LogP) is 6.82. The van der Waals surface area contributed by atoms with Gasteiger partial charge in [-0.2, -0.15) is 0 Å². The van der Waals surface area contributed by atoms with Crippen LogP contribution >= 0.6 is 55.1 Å². The number of hydrogen-bond acceptors (Lipinski definition) is 1. The third-order valence-electron chi connectivity index (χ3n) is 3.40. The highest BCUT2D eigenvalue weighted by Crippen LogP contribution is 2.44. The zero-order chi connectivity index (χ0) is 15.7. The molecule has 0 radical (unpaired) electrons. The summed E-state index contributed by atoms with van der Waals surface area (Å²) < 4.78 is 7.51. The molecule has 0 heterocycles. The summed E-state index contributed by atoms with van der Waals surface area (Å²) in [5.41, 5.74) is 3.87. The molecule has 0 saturated heterocycles. The van der Waals surface area contributed by atoms with Gasteiger partial charge in [-0.1, -0.05) is 43.5 Å². The van der Waals surface area contributed by atoms with Gasteiger partial charge in [-0.05, 0) is 54.8 Å². The van der Waals surface area contributed by atoms with E-state index < -0.39 is 0 Å². The fourth-order valence-electron chi connectivity index (χ4n) is 2.32. The molecule has 112 valence electrons. The highest BCUT2D eigenvalue weighted by molar-refractivity contribution is 9.10. The maximum Gasteiger partial charge on any atom is 0.127 e. The molecule has 0 fully saturated rings. The first kappa shape index (κ1) is 17.1. The van der Waals surface area contributed by atoms with E-state index in [0.29, 0.717) is 5.02 Å². The largest absolute Gasteiger partial charge is 0.496 e. The quantitative estimate of drug-likeness (QED) is 0.464. The molecule has 0 amide bonds. The molecule has 0 saturated carbocycles. The summed E-state index contributed by atoms with van der Waals surface area (Å²) >= 11 is 20.1. The van der Waals surface area contributed by atoms with Crippen molar-refractivity contribution < 1.29 is 4.74 Å². The molecule has 0 bridgehead atoms. The van der Waals surface area contributed by atoms with E-state index in [9.17, 15) is 0 Å². The molecule has 2 aromatic rings. The summed E-state index contributed by atoms with van der Waals surface area (Å²) in [7, 11) is 1.66. The Hall–Kier alpha value is -0.220. The summed E-state index contributed by atoms with van der Waals surface area (Å²) in [4.78, 5) is 0. The number of rotatable bonds is 3. The average Bonchev–Trinajstić information content (AvgIpc) is 2.44. The van der Waals surface area contributed by atoms with Gasteiger partial charge in [0.1, 0.15) is 5.75 Å². The topological polar surface area (TPSA) is 9.23 Å². The van der Waals surface area contributed by atoms with Gasteiger partial charge in [0, 0.05) is 19.5 Å². The first-order valence-corrected chi connectivity index (χ1v) is 8.69. The molecule has 0 aliphatic heterocycles. The Balaban J connectivity index is 2.68. The highest BCUT2D eigenvalue weighted by Gasteiger charge is 2.23. The van der Waals surface area contributed by atoms with Crippen LogP contribution in [0.4, 0.5) is 0 Å². The van der Waals surface area contributed by atoms with Crippen molar-refractivity contribution >= 4 is 55.1 Å². The lowest BCUT2D eigenvalue weighted by Crippen LogP contribution is -2.03. The third kappa shape index (κ3) is 3.42. The molecule has 0 spiro atoms. The molecule has 0 aromatic heterocycles. The Morgan fingerprint density at radius 2 is 1.81 bits per heavy atom. The second-order valence-corrected chi connectivity index (χ2v) is 7.39. The minimum absolute atomic E-state index is 0.388. The van der Waals surface area contributed by atoms with Crippen LogP contribution in [0.5, 0.6) is 5.75 Å². The van der Waals surface area contributed by atoms with Gasteiger partial charge in [-0.3, -0.25) is 0 Å². The first-order valence-electron chi connectivity index (χ1n) is 6.29. The monoisotopic (exact) mass is 450 g/mol. The van der Waals surface area contributed by atoms with Crippen LogP contribution in [-0.4, -0.2) is 7.11 Å². The van der Waals surface area contributed by atoms with Gasteiger partial charge in [0.15, 0.2) is 0 Å². The molecule has 0 N–H and O–H groups in total. The van der Waals surface area contributed by atoms with Gasteiger partial charge in [0.25, 0.3) is 0 Å². The number of ether oxygens (including phenoxy) is 1. The Morgan fingerprint density at radius 1 is 1.14 bits per heavy atom. The maximum atomic E-state index is 6.74. The van der Waals surface area contributed by atoms with E-state index in [0.717, 1.165) is 36.9 Å². The van der Waals surface area contributed by atoms with Crippen molar-refractivity contribution in [1.82, 2.24) is 0 Å². The van der Waals surface area contributed by atoms with E-state index in [2.05, 4.69) is 31.9 Å². The Morgan fingerprint density at radius 3 is 2.43 bits per heavy atom. The summed E-state index contributed by atoms with van der Waals surface area (Å²) in [5, 5.41) is 0.249. The number of methoxy groups -OCH3 is 1. The number of halogens is 4. The average molecular weight is 453 g/mol. The van der Waals surface area contributed by atoms with Crippen LogP contribution < -0.4 is 4.74 Å². The van der Waals surface area contributed by atoms with Crippen molar-refractivity contribution in [2.75, 3.05) is 7.11 Å². The van der Waals surface area contributed by atoms with Crippen molar-refractivity contribution in [3.63, 3.8) is 0 Å². The smallest absolute Gasteiger partial charge is 0.127 e. The number of benzene rings is 2. The van der Waals surface area contributed by atoms with E-state index in [1.54, 1.807) is 7.11 Å². The lowest BCUT2D eigenvalue weighted by molar-refractivity contribution is 0.406. The van der Waals surface area contributed by atoms with Crippen LogP contribution in [0.1, 0.15) is 27.6 Å².